The highest BCUT2D eigenvalue weighted by molar-refractivity contribution is 7.90. The fourth-order valence-electron chi connectivity index (χ4n) is 1.70. The topological polar surface area (TPSA) is 60.2 Å². The van der Waals surface area contributed by atoms with Crippen LogP contribution in [0, 0.1) is 0 Å². The molecule has 0 saturated carbocycles. The predicted molar refractivity (Wildman–Crippen MR) is 69.4 cm³/mol. The molecule has 2 aromatic carbocycles. The minimum absolute atomic E-state index is 0.178. The first kappa shape index (κ1) is 11.7. The predicted octanol–water partition coefficient (Wildman–Crippen LogP) is 2.34. The van der Waals surface area contributed by atoms with E-state index >= 15 is 0 Å². The molecule has 0 radical (unpaired) electrons. The molecule has 17 heavy (non-hydrogen) atoms. The summed E-state index contributed by atoms with van der Waals surface area (Å²) < 4.78 is 22.8. The zero-order valence-corrected chi connectivity index (χ0v) is 10.2. The first-order chi connectivity index (χ1) is 7.98. The summed E-state index contributed by atoms with van der Waals surface area (Å²) in [5.74, 6) is 0. The molecule has 3 nitrogen and oxygen atoms in total. The highest BCUT2D eigenvalue weighted by Crippen LogP contribution is 2.26. The Hall–Kier alpha value is -1.81. The molecule has 0 unspecified atom stereocenters. The Labute approximate surface area is 101 Å². The van der Waals surface area contributed by atoms with Gasteiger partial charge < -0.3 is 5.73 Å². The molecule has 2 rings (SSSR count). The van der Waals surface area contributed by atoms with Crippen LogP contribution in [0.25, 0.3) is 11.1 Å². The molecule has 0 aliphatic rings. The van der Waals surface area contributed by atoms with Crippen molar-refractivity contribution in [3.63, 3.8) is 0 Å². The van der Waals surface area contributed by atoms with Gasteiger partial charge in [0.15, 0.2) is 9.84 Å². The van der Waals surface area contributed by atoms with E-state index in [2.05, 4.69) is 0 Å². The van der Waals surface area contributed by atoms with Crippen molar-refractivity contribution in [1.82, 2.24) is 0 Å². The average Bonchev–Trinajstić information content (AvgIpc) is 2.28. The van der Waals surface area contributed by atoms with E-state index in [0.29, 0.717) is 0 Å². The Morgan fingerprint density at radius 1 is 0.941 bits per heavy atom. The van der Waals surface area contributed by atoms with Crippen molar-refractivity contribution in [3.05, 3.63) is 48.5 Å². The Kier molecular flexibility index (Phi) is 2.90. The van der Waals surface area contributed by atoms with Gasteiger partial charge in [-0.3, -0.25) is 0 Å². The molecular weight excluding hydrogens is 234 g/mol. The van der Waals surface area contributed by atoms with Crippen molar-refractivity contribution in [2.45, 2.75) is 4.90 Å². The zero-order chi connectivity index (χ0) is 12.5. The third-order valence-electron chi connectivity index (χ3n) is 2.52. The highest BCUT2D eigenvalue weighted by atomic mass is 32.2. The standard InChI is InChI=1S/C13H13NO2S/c1-17(15,16)13-8-7-11(9-12(13)14)10-5-3-2-4-6-10/h2-9H,14H2,1H3. The highest BCUT2D eigenvalue weighted by Gasteiger charge is 2.11. The molecule has 0 bridgehead atoms. The van der Waals surface area contributed by atoms with E-state index in [4.69, 9.17) is 5.73 Å². The Bertz CT molecular complexity index is 634. The van der Waals surface area contributed by atoms with Crippen molar-refractivity contribution < 1.29 is 8.42 Å². The normalized spacial score (nSPS) is 11.4. The number of benzene rings is 2. The van der Waals surface area contributed by atoms with E-state index in [1.807, 2.05) is 30.3 Å². The van der Waals surface area contributed by atoms with Crippen LogP contribution in [0.4, 0.5) is 5.69 Å². The lowest BCUT2D eigenvalue weighted by Crippen LogP contribution is -2.02. The SMILES string of the molecule is CS(=O)(=O)c1ccc(-c2ccccc2)cc1N. The van der Waals surface area contributed by atoms with E-state index in [-0.39, 0.29) is 10.6 Å². The summed E-state index contributed by atoms with van der Waals surface area (Å²) in [6.45, 7) is 0. The minimum Gasteiger partial charge on any atom is -0.398 e. The van der Waals surface area contributed by atoms with Crippen molar-refractivity contribution >= 4 is 15.5 Å². The van der Waals surface area contributed by atoms with Crippen LogP contribution in [-0.4, -0.2) is 14.7 Å². The smallest absolute Gasteiger partial charge is 0.177 e. The summed E-state index contributed by atoms with van der Waals surface area (Å²) in [5, 5.41) is 0. The van der Waals surface area contributed by atoms with E-state index in [1.54, 1.807) is 18.2 Å². The van der Waals surface area contributed by atoms with Gasteiger partial charge in [-0.05, 0) is 23.3 Å². The fourth-order valence-corrected chi connectivity index (χ4v) is 2.50. The maximum atomic E-state index is 11.4. The molecule has 88 valence electrons. The molecule has 0 fully saturated rings. The summed E-state index contributed by atoms with van der Waals surface area (Å²) in [5.41, 5.74) is 7.98. The summed E-state index contributed by atoms with van der Waals surface area (Å²) >= 11 is 0. The zero-order valence-electron chi connectivity index (χ0n) is 9.42. The Balaban J connectivity index is 2.53. The van der Waals surface area contributed by atoms with Gasteiger partial charge in [0.1, 0.15) is 0 Å². The number of nitrogens with two attached hydrogens (primary N) is 1. The Morgan fingerprint density at radius 2 is 1.59 bits per heavy atom. The van der Waals surface area contributed by atoms with Crippen LogP contribution in [0.1, 0.15) is 0 Å². The molecule has 0 heterocycles. The largest absolute Gasteiger partial charge is 0.398 e. The lowest BCUT2D eigenvalue weighted by atomic mass is 10.1. The third-order valence-corrected chi connectivity index (χ3v) is 3.69. The maximum absolute atomic E-state index is 11.4. The van der Waals surface area contributed by atoms with Crippen LogP contribution in [0.15, 0.2) is 53.4 Å². The van der Waals surface area contributed by atoms with E-state index in [1.165, 1.54) is 0 Å². The van der Waals surface area contributed by atoms with Gasteiger partial charge in [-0.25, -0.2) is 8.42 Å². The molecule has 0 aliphatic carbocycles. The third kappa shape index (κ3) is 2.47. The number of hydrogen-bond donors (Lipinski definition) is 1. The van der Waals surface area contributed by atoms with Crippen molar-refractivity contribution in [2.75, 3.05) is 12.0 Å². The quantitative estimate of drug-likeness (QED) is 0.829. The second-order valence-corrected chi connectivity index (χ2v) is 5.87. The molecule has 0 aromatic heterocycles. The van der Waals surface area contributed by atoms with E-state index in [9.17, 15) is 8.42 Å². The number of rotatable bonds is 2. The minimum atomic E-state index is -3.26. The van der Waals surface area contributed by atoms with Crippen LogP contribution in [0.5, 0.6) is 0 Å². The van der Waals surface area contributed by atoms with Gasteiger partial charge >= 0.3 is 0 Å². The summed E-state index contributed by atoms with van der Waals surface area (Å²) in [6, 6.07) is 14.7. The van der Waals surface area contributed by atoms with Crippen LogP contribution < -0.4 is 5.73 Å². The Morgan fingerprint density at radius 3 is 2.12 bits per heavy atom. The lowest BCUT2D eigenvalue weighted by molar-refractivity contribution is 0.602. The van der Waals surface area contributed by atoms with E-state index in [0.717, 1.165) is 17.4 Å². The molecule has 0 saturated heterocycles. The average molecular weight is 247 g/mol. The van der Waals surface area contributed by atoms with Crippen LogP contribution in [0.3, 0.4) is 0 Å². The summed E-state index contributed by atoms with van der Waals surface area (Å²) in [7, 11) is -3.26. The van der Waals surface area contributed by atoms with Crippen LogP contribution in [0.2, 0.25) is 0 Å². The van der Waals surface area contributed by atoms with Gasteiger partial charge in [0.2, 0.25) is 0 Å². The first-order valence-corrected chi connectivity index (χ1v) is 7.02. The van der Waals surface area contributed by atoms with Gasteiger partial charge in [0.05, 0.1) is 10.6 Å². The van der Waals surface area contributed by atoms with Crippen molar-refractivity contribution in [3.8, 4) is 11.1 Å². The molecule has 2 aromatic rings. The molecule has 0 amide bonds. The summed E-state index contributed by atoms with van der Waals surface area (Å²) in [6.07, 6.45) is 1.15. The number of nitrogen functional groups attached to an aromatic ring is 1. The van der Waals surface area contributed by atoms with Gasteiger partial charge in [-0.15, -0.1) is 0 Å². The molecule has 0 aliphatic heterocycles. The molecule has 0 atom stereocenters. The monoisotopic (exact) mass is 247 g/mol. The molecule has 0 spiro atoms. The second kappa shape index (κ2) is 4.22. The van der Waals surface area contributed by atoms with Gasteiger partial charge in [0.25, 0.3) is 0 Å². The van der Waals surface area contributed by atoms with Gasteiger partial charge in [0, 0.05) is 6.26 Å². The summed E-state index contributed by atoms with van der Waals surface area (Å²) in [4.78, 5) is 0.178. The molecule has 4 heteroatoms. The van der Waals surface area contributed by atoms with Crippen molar-refractivity contribution in [2.24, 2.45) is 0 Å². The fraction of sp³-hybridized carbons (Fsp3) is 0.0769. The molecule has 2 N–H and O–H groups in total. The second-order valence-electron chi connectivity index (χ2n) is 3.89. The van der Waals surface area contributed by atoms with Gasteiger partial charge in [-0.1, -0.05) is 36.4 Å². The molecular formula is C13H13NO2S. The van der Waals surface area contributed by atoms with Crippen molar-refractivity contribution in [1.29, 1.82) is 0 Å². The van der Waals surface area contributed by atoms with Gasteiger partial charge in [-0.2, -0.15) is 0 Å². The lowest BCUT2D eigenvalue weighted by Gasteiger charge is -2.06. The maximum Gasteiger partial charge on any atom is 0.177 e. The van der Waals surface area contributed by atoms with Crippen LogP contribution >= 0.6 is 0 Å². The number of sulfone groups is 1. The van der Waals surface area contributed by atoms with E-state index < -0.39 is 9.84 Å². The number of hydrogen-bond acceptors (Lipinski definition) is 3. The van der Waals surface area contributed by atoms with Crippen LogP contribution in [-0.2, 0) is 9.84 Å². The number of anilines is 1. The first-order valence-electron chi connectivity index (χ1n) is 5.13.